The number of fused-ring (bicyclic) bond motifs is 6. The van der Waals surface area contributed by atoms with E-state index in [2.05, 4.69) is 31.1 Å². The molecule has 1 N–H and O–H groups in total. The van der Waals surface area contributed by atoms with E-state index < -0.39 is 0 Å². The molecule has 2 aromatic rings. The summed E-state index contributed by atoms with van der Waals surface area (Å²) in [5, 5.41) is 18.6. The normalized spacial score (nSPS) is 41.7. The highest BCUT2D eigenvalue weighted by Gasteiger charge is 2.60. The van der Waals surface area contributed by atoms with Crippen molar-refractivity contribution in [3.05, 3.63) is 24.3 Å². The molecular formula is C30H43N3O2. The van der Waals surface area contributed by atoms with Crippen molar-refractivity contribution in [2.24, 2.45) is 46.3 Å². The van der Waals surface area contributed by atoms with Crippen LogP contribution in [-0.2, 0) is 0 Å². The number of hydrogen-bond donors (Lipinski definition) is 1. The zero-order chi connectivity index (χ0) is 24.4. The van der Waals surface area contributed by atoms with Gasteiger partial charge in [-0.3, -0.25) is 4.79 Å². The van der Waals surface area contributed by atoms with E-state index in [1.54, 1.807) is 0 Å². The fourth-order valence-electron chi connectivity index (χ4n) is 9.92. The molecule has 6 rings (SSSR count). The first-order valence-electron chi connectivity index (χ1n) is 14.3. The molecule has 0 spiro atoms. The van der Waals surface area contributed by atoms with Crippen LogP contribution < -0.4 is 0 Å². The molecule has 4 aliphatic carbocycles. The van der Waals surface area contributed by atoms with Crippen molar-refractivity contribution in [3.8, 4) is 0 Å². The highest BCUT2D eigenvalue weighted by Crippen LogP contribution is 2.68. The predicted molar refractivity (Wildman–Crippen MR) is 138 cm³/mol. The second kappa shape index (κ2) is 8.68. The predicted octanol–water partition coefficient (Wildman–Crippen LogP) is 6.51. The lowest BCUT2D eigenvalue weighted by atomic mass is 9.44. The Kier molecular flexibility index (Phi) is 5.86. The van der Waals surface area contributed by atoms with Gasteiger partial charge in [0.1, 0.15) is 5.52 Å². The zero-order valence-electron chi connectivity index (χ0n) is 21.8. The number of benzene rings is 1. The van der Waals surface area contributed by atoms with Crippen LogP contribution in [0.5, 0.6) is 0 Å². The van der Waals surface area contributed by atoms with Crippen molar-refractivity contribution in [1.29, 1.82) is 0 Å². The van der Waals surface area contributed by atoms with Gasteiger partial charge < -0.3 is 5.11 Å². The lowest BCUT2D eigenvalue weighted by Gasteiger charge is -2.61. The molecule has 5 nitrogen and oxygen atoms in total. The van der Waals surface area contributed by atoms with E-state index >= 15 is 0 Å². The maximum atomic E-state index is 13.0. The van der Waals surface area contributed by atoms with Gasteiger partial charge in [-0.2, -0.15) is 4.68 Å². The number of aliphatic hydroxyl groups excluding tert-OH is 1. The van der Waals surface area contributed by atoms with Gasteiger partial charge in [-0.1, -0.05) is 38.1 Å². The molecule has 1 aromatic carbocycles. The van der Waals surface area contributed by atoms with E-state index in [0.29, 0.717) is 29.1 Å². The number of aliphatic hydroxyl groups is 1. The summed E-state index contributed by atoms with van der Waals surface area (Å²) in [6.07, 6.45) is 12.8. The summed E-state index contributed by atoms with van der Waals surface area (Å²) >= 11 is 0. The van der Waals surface area contributed by atoms with Gasteiger partial charge >= 0.3 is 0 Å². The van der Waals surface area contributed by atoms with E-state index in [4.69, 9.17) is 0 Å². The van der Waals surface area contributed by atoms with E-state index in [9.17, 15) is 9.90 Å². The summed E-state index contributed by atoms with van der Waals surface area (Å²) in [7, 11) is 0. The Morgan fingerprint density at radius 3 is 2.69 bits per heavy atom. The van der Waals surface area contributed by atoms with E-state index in [1.807, 2.05) is 24.3 Å². The number of carbonyl (C=O) groups is 1. The monoisotopic (exact) mass is 477 g/mol. The smallest absolute Gasteiger partial charge is 0.248 e. The minimum Gasteiger partial charge on any atom is -0.393 e. The van der Waals surface area contributed by atoms with Gasteiger partial charge in [-0.05, 0) is 123 Å². The average molecular weight is 478 g/mol. The van der Waals surface area contributed by atoms with Crippen LogP contribution in [0.25, 0.3) is 11.0 Å². The van der Waals surface area contributed by atoms with Crippen LogP contribution in [-0.4, -0.2) is 32.1 Å². The Balaban J connectivity index is 1.13. The van der Waals surface area contributed by atoms with Crippen molar-refractivity contribution >= 4 is 16.9 Å². The first kappa shape index (κ1) is 23.6. The lowest BCUT2D eigenvalue weighted by Crippen LogP contribution is -2.54. The molecule has 35 heavy (non-hydrogen) atoms. The third-order valence-electron chi connectivity index (χ3n) is 11.8. The second-order valence-corrected chi connectivity index (χ2v) is 13.2. The maximum Gasteiger partial charge on any atom is 0.248 e. The largest absolute Gasteiger partial charge is 0.393 e. The van der Waals surface area contributed by atoms with Crippen LogP contribution in [0.3, 0.4) is 0 Å². The number of nitrogens with zero attached hydrogens (tertiary/aromatic N) is 3. The van der Waals surface area contributed by atoms with Crippen molar-refractivity contribution in [1.82, 2.24) is 15.0 Å². The molecule has 0 unspecified atom stereocenters. The van der Waals surface area contributed by atoms with Crippen LogP contribution >= 0.6 is 0 Å². The van der Waals surface area contributed by atoms with Crippen molar-refractivity contribution in [2.75, 3.05) is 0 Å². The molecule has 9 atom stereocenters. The second-order valence-electron chi connectivity index (χ2n) is 13.2. The first-order valence-corrected chi connectivity index (χ1v) is 14.3. The Morgan fingerprint density at radius 1 is 1.06 bits per heavy atom. The Hall–Kier alpha value is -1.75. The van der Waals surface area contributed by atoms with Gasteiger partial charge in [-0.25, -0.2) is 0 Å². The third-order valence-corrected chi connectivity index (χ3v) is 11.8. The minimum absolute atomic E-state index is 0.0617. The van der Waals surface area contributed by atoms with Gasteiger partial charge in [0, 0.05) is 6.42 Å². The molecule has 0 radical (unpaired) electrons. The number of rotatable bonds is 4. The van der Waals surface area contributed by atoms with Crippen molar-refractivity contribution in [2.45, 2.75) is 97.5 Å². The molecule has 1 heterocycles. The standard InChI is InChI=1S/C30H43N3O2/c1-19(8-13-28(35)33-27-7-5-4-6-26(27)31-32-33)23-11-12-24-22-10-9-20-18-21(34)14-16-29(20,2)25(22)15-17-30(23,24)3/h4-7,19-25,34H,8-18H2,1-3H3/t19-,20-,21-,22+,23-,24+,25+,29+,30-/m1/s1. The topological polar surface area (TPSA) is 68.0 Å². The summed E-state index contributed by atoms with van der Waals surface area (Å²) in [6.45, 7) is 7.59. The Bertz CT molecular complexity index is 1100. The highest BCUT2D eigenvalue weighted by atomic mass is 16.3. The minimum atomic E-state index is -0.0617. The zero-order valence-corrected chi connectivity index (χ0v) is 21.8. The van der Waals surface area contributed by atoms with E-state index in [-0.39, 0.29) is 12.0 Å². The molecule has 0 bridgehead atoms. The van der Waals surface area contributed by atoms with Gasteiger partial charge in [-0.15, -0.1) is 5.10 Å². The summed E-state index contributed by atoms with van der Waals surface area (Å²) in [4.78, 5) is 13.0. The molecule has 4 saturated carbocycles. The number of carbonyl (C=O) groups excluding carboxylic acids is 1. The lowest BCUT2D eigenvalue weighted by molar-refractivity contribution is -0.129. The Labute approximate surface area is 210 Å². The SMILES string of the molecule is C[C@H](CCC(=O)n1nnc2ccccc21)[C@H]1CC[C@H]2[C@@H]3CC[C@@H]4C[C@H](O)CC[C@]4(C)[C@H]3CC[C@]12C. The van der Waals surface area contributed by atoms with Gasteiger partial charge in [0.25, 0.3) is 0 Å². The molecule has 1 aromatic heterocycles. The molecule has 0 amide bonds. The summed E-state index contributed by atoms with van der Waals surface area (Å²) in [5.74, 6) is 4.62. The molecule has 5 heteroatoms. The van der Waals surface area contributed by atoms with Crippen LogP contribution in [0.15, 0.2) is 24.3 Å². The summed E-state index contributed by atoms with van der Waals surface area (Å²) in [5.41, 5.74) is 2.46. The van der Waals surface area contributed by atoms with Crippen molar-refractivity contribution < 1.29 is 9.90 Å². The molecular weight excluding hydrogens is 434 g/mol. The van der Waals surface area contributed by atoms with Crippen LogP contribution in [0.2, 0.25) is 0 Å². The summed E-state index contributed by atoms with van der Waals surface area (Å²) in [6, 6.07) is 7.72. The number of para-hydroxylation sites is 1. The quantitative estimate of drug-likeness (QED) is 0.545. The van der Waals surface area contributed by atoms with Crippen LogP contribution in [0.4, 0.5) is 0 Å². The average Bonchev–Trinajstić information content (AvgIpc) is 3.44. The molecule has 190 valence electrons. The number of hydrogen-bond acceptors (Lipinski definition) is 4. The summed E-state index contributed by atoms with van der Waals surface area (Å²) < 4.78 is 1.51. The van der Waals surface area contributed by atoms with E-state index in [0.717, 1.165) is 54.0 Å². The Morgan fingerprint density at radius 2 is 1.83 bits per heavy atom. The number of aromatic nitrogens is 3. The van der Waals surface area contributed by atoms with Gasteiger partial charge in [0.15, 0.2) is 0 Å². The highest BCUT2D eigenvalue weighted by molar-refractivity contribution is 5.88. The van der Waals surface area contributed by atoms with Crippen LogP contribution in [0.1, 0.15) is 96.2 Å². The van der Waals surface area contributed by atoms with E-state index in [1.165, 1.54) is 49.6 Å². The fraction of sp³-hybridized carbons (Fsp3) is 0.767. The molecule has 0 aliphatic heterocycles. The molecule has 4 aliphatic rings. The first-order chi connectivity index (χ1) is 16.8. The van der Waals surface area contributed by atoms with Crippen molar-refractivity contribution in [3.63, 3.8) is 0 Å². The molecule has 0 saturated heterocycles. The van der Waals surface area contributed by atoms with Gasteiger partial charge in [0.2, 0.25) is 5.91 Å². The maximum absolute atomic E-state index is 13.0. The fourth-order valence-corrected chi connectivity index (χ4v) is 9.92. The van der Waals surface area contributed by atoms with Gasteiger partial charge in [0.05, 0.1) is 11.6 Å². The molecule has 4 fully saturated rings. The third kappa shape index (κ3) is 3.70. The van der Waals surface area contributed by atoms with Crippen LogP contribution in [0, 0.1) is 46.3 Å².